The Hall–Kier alpha value is -1.77. The van der Waals surface area contributed by atoms with Crippen LogP contribution in [0.5, 0.6) is 11.5 Å². The van der Waals surface area contributed by atoms with Crippen LogP contribution in [0, 0.1) is 0 Å². The molecule has 2 rings (SSSR count). The lowest BCUT2D eigenvalue weighted by molar-refractivity contribution is 0.481. The van der Waals surface area contributed by atoms with E-state index in [1.165, 1.54) is 0 Å². The second kappa shape index (κ2) is 8.41. The molecule has 106 valence electrons. The molecule has 0 fully saturated rings. The van der Waals surface area contributed by atoms with Crippen LogP contribution in [0.1, 0.15) is 24.4 Å². The Bertz CT molecular complexity index is 528. The molecule has 2 N–H and O–H groups in total. The van der Waals surface area contributed by atoms with Gasteiger partial charge < -0.3 is 10.5 Å². The normalized spacial score (nSPS) is 11.2. The number of hydrogen-bond donors (Lipinski definition) is 1. The minimum atomic E-state index is 0. The van der Waals surface area contributed by atoms with Crippen LogP contribution in [0.2, 0.25) is 0 Å². The predicted molar refractivity (Wildman–Crippen MR) is 86.6 cm³/mol. The van der Waals surface area contributed by atoms with Crippen LogP contribution in [0.25, 0.3) is 0 Å². The molecule has 0 amide bonds. The summed E-state index contributed by atoms with van der Waals surface area (Å²) >= 11 is 0. The van der Waals surface area contributed by atoms with E-state index in [1.807, 2.05) is 60.7 Å². The quantitative estimate of drug-likeness (QED) is 0.770. The van der Waals surface area contributed by atoms with Crippen LogP contribution in [0.3, 0.4) is 0 Å². The second-order valence-electron chi connectivity index (χ2n) is 4.46. The number of benzene rings is 2. The highest BCUT2D eigenvalue weighted by molar-refractivity contribution is 5.85. The minimum Gasteiger partial charge on any atom is -0.457 e. The van der Waals surface area contributed by atoms with Gasteiger partial charge in [-0.25, -0.2) is 0 Å². The third kappa shape index (κ3) is 4.72. The second-order valence-corrected chi connectivity index (χ2v) is 4.46. The van der Waals surface area contributed by atoms with Crippen LogP contribution in [-0.4, -0.2) is 0 Å². The summed E-state index contributed by atoms with van der Waals surface area (Å²) in [7, 11) is 0. The molecule has 0 aliphatic carbocycles. The van der Waals surface area contributed by atoms with E-state index in [-0.39, 0.29) is 18.4 Å². The molecule has 20 heavy (non-hydrogen) atoms. The average Bonchev–Trinajstić information content (AvgIpc) is 2.46. The molecule has 3 heteroatoms. The first-order valence-corrected chi connectivity index (χ1v) is 6.49. The number of rotatable bonds is 6. The number of para-hydroxylation sites is 1. The van der Waals surface area contributed by atoms with Crippen molar-refractivity contribution in [2.45, 2.75) is 18.9 Å². The zero-order valence-corrected chi connectivity index (χ0v) is 12.2. The standard InChI is InChI=1S/C17H19NO.ClH/c1-2-3-12-17(18)14-8-7-11-16(13-14)19-15-9-5-4-6-10-15;/h2,4-11,13,17H,1,3,12,18H2;1H/t17-;/m0./s1. The molecular weight excluding hydrogens is 270 g/mol. The predicted octanol–water partition coefficient (Wildman–Crippen LogP) is 4.87. The third-order valence-corrected chi connectivity index (χ3v) is 2.95. The van der Waals surface area contributed by atoms with Crippen molar-refractivity contribution in [2.24, 2.45) is 5.73 Å². The summed E-state index contributed by atoms with van der Waals surface area (Å²) < 4.78 is 5.80. The molecule has 0 spiro atoms. The molecule has 0 saturated carbocycles. The van der Waals surface area contributed by atoms with E-state index in [0.29, 0.717) is 0 Å². The maximum atomic E-state index is 6.14. The molecular formula is C17H20ClNO. The van der Waals surface area contributed by atoms with Gasteiger partial charge in [-0.1, -0.05) is 36.4 Å². The van der Waals surface area contributed by atoms with Gasteiger partial charge in [0.2, 0.25) is 0 Å². The molecule has 1 atom stereocenters. The molecule has 0 aliphatic rings. The van der Waals surface area contributed by atoms with E-state index < -0.39 is 0 Å². The number of allylic oxidation sites excluding steroid dienone is 1. The van der Waals surface area contributed by atoms with Gasteiger partial charge in [0.05, 0.1) is 0 Å². The van der Waals surface area contributed by atoms with Crippen molar-refractivity contribution < 1.29 is 4.74 Å². The first-order chi connectivity index (χ1) is 9.29. The fraction of sp³-hybridized carbons (Fsp3) is 0.176. The summed E-state index contributed by atoms with van der Waals surface area (Å²) in [6.45, 7) is 3.72. The van der Waals surface area contributed by atoms with Crippen molar-refractivity contribution in [3.05, 3.63) is 72.8 Å². The zero-order chi connectivity index (χ0) is 13.5. The average molecular weight is 290 g/mol. The monoisotopic (exact) mass is 289 g/mol. The molecule has 0 heterocycles. The zero-order valence-electron chi connectivity index (χ0n) is 11.4. The smallest absolute Gasteiger partial charge is 0.127 e. The van der Waals surface area contributed by atoms with E-state index in [2.05, 4.69) is 6.58 Å². The minimum absolute atomic E-state index is 0. The number of halogens is 1. The van der Waals surface area contributed by atoms with E-state index in [0.717, 1.165) is 29.9 Å². The summed E-state index contributed by atoms with van der Waals surface area (Å²) in [5.41, 5.74) is 7.23. The van der Waals surface area contributed by atoms with Crippen LogP contribution in [0.15, 0.2) is 67.3 Å². The lowest BCUT2D eigenvalue weighted by atomic mass is 10.0. The first-order valence-electron chi connectivity index (χ1n) is 6.49. The van der Waals surface area contributed by atoms with Crippen molar-refractivity contribution in [1.82, 2.24) is 0 Å². The number of hydrogen-bond acceptors (Lipinski definition) is 2. The molecule has 2 aromatic rings. The van der Waals surface area contributed by atoms with Gasteiger partial charge in [0.25, 0.3) is 0 Å². The largest absolute Gasteiger partial charge is 0.457 e. The Kier molecular flexibility index (Phi) is 6.85. The molecule has 0 bridgehead atoms. The molecule has 0 saturated heterocycles. The van der Waals surface area contributed by atoms with Crippen molar-refractivity contribution in [3.63, 3.8) is 0 Å². The van der Waals surface area contributed by atoms with Crippen LogP contribution in [0.4, 0.5) is 0 Å². The molecule has 2 aromatic carbocycles. The third-order valence-electron chi connectivity index (χ3n) is 2.95. The van der Waals surface area contributed by atoms with E-state index >= 15 is 0 Å². The first kappa shape index (κ1) is 16.3. The Labute approximate surface area is 126 Å². The molecule has 2 nitrogen and oxygen atoms in total. The lowest BCUT2D eigenvalue weighted by Gasteiger charge is -2.12. The van der Waals surface area contributed by atoms with Gasteiger partial charge in [0.15, 0.2) is 0 Å². The Morgan fingerprint density at radius 1 is 1.05 bits per heavy atom. The highest BCUT2D eigenvalue weighted by Crippen LogP contribution is 2.25. The van der Waals surface area contributed by atoms with Gasteiger partial charge in [-0.2, -0.15) is 0 Å². The van der Waals surface area contributed by atoms with Crippen LogP contribution < -0.4 is 10.5 Å². The van der Waals surface area contributed by atoms with Gasteiger partial charge in [-0.3, -0.25) is 0 Å². The summed E-state index contributed by atoms with van der Waals surface area (Å²) in [6, 6.07) is 17.7. The van der Waals surface area contributed by atoms with Crippen molar-refractivity contribution in [3.8, 4) is 11.5 Å². The van der Waals surface area contributed by atoms with Gasteiger partial charge in [-0.15, -0.1) is 19.0 Å². The highest BCUT2D eigenvalue weighted by atomic mass is 35.5. The summed E-state index contributed by atoms with van der Waals surface area (Å²) in [5.74, 6) is 1.65. The van der Waals surface area contributed by atoms with Gasteiger partial charge in [0.1, 0.15) is 11.5 Å². The summed E-state index contributed by atoms with van der Waals surface area (Å²) in [6.07, 6.45) is 3.72. The molecule has 0 radical (unpaired) electrons. The van der Waals surface area contributed by atoms with Crippen molar-refractivity contribution in [2.75, 3.05) is 0 Å². The molecule has 0 unspecified atom stereocenters. The van der Waals surface area contributed by atoms with Gasteiger partial charge >= 0.3 is 0 Å². The Balaban J connectivity index is 0.00000200. The lowest BCUT2D eigenvalue weighted by Crippen LogP contribution is -2.09. The van der Waals surface area contributed by atoms with Crippen molar-refractivity contribution in [1.29, 1.82) is 0 Å². The number of ether oxygens (including phenoxy) is 1. The maximum absolute atomic E-state index is 6.14. The van der Waals surface area contributed by atoms with E-state index in [9.17, 15) is 0 Å². The number of nitrogens with two attached hydrogens (primary N) is 1. The van der Waals surface area contributed by atoms with Crippen molar-refractivity contribution >= 4 is 12.4 Å². The molecule has 0 aliphatic heterocycles. The Morgan fingerprint density at radius 3 is 2.45 bits per heavy atom. The van der Waals surface area contributed by atoms with E-state index in [1.54, 1.807) is 0 Å². The Morgan fingerprint density at radius 2 is 1.75 bits per heavy atom. The maximum Gasteiger partial charge on any atom is 0.127 e. The van der Waals surface area contributed by atoms with Gasteiger partial charge in [0, 0.05) is 6.04 Å². The fourth-order valence-corrected chi connectivity index (χ4v) is 1.90. The topological polar surface area (TPSA) is 35.2 Å². The van der Waals surface area contributed by atoms with E-state index in [4.69, 9.17) is 10.5 Å². The summed E-state index contributed by atoms with van der Waals surface area (Å²) in [4.78, 5) is 0. The summed E-state index contributed by atoms with van der Waals surface area (Å²) in [5, 5.41) is 0. The molecule has 0 aromatic heterocycles. The van der Waals surface area contributed by atoms with Crippen LogP contribution >= 0.6 is 12.4 Å². The SMILES string of the molecule is C=CCC[C@H](N)c1cccc(Oc2ccccc2)c1.Cl. The highest BCUT2D eigenvalue weighted by Gasteiger charge is 2.06. The van der Waals surface area contributed by atoms with Gasteiger partial charge in [-0.05, 0) is 42.7 Å². The van der Waals surface area contributed by atoms with Crippen LogP contribution in [-0.2, 0) is 0 Å². The fourth-order valence-electron chi connectivity index (χ4n) is 1.90.